The van der Waals surface area contributed by atoms with Gasteiger partial charge in [0.05, 0.1) is 25.3 Å². The highest BCUT2D eigenvalue weighted by Crippen LogP contribution is 2.29. The van der Waals surface area contributed by atoms with Gasteiger partial charge in [-0.05, 0) is 24.1 Å². The second-order valence-electron chi connectivity index (χ2n) is 8.86. The lowest BCUT2D eigenvalue weighted by Crippen LogP contribution is -2.56. The lowest BCUT2D eigenvalue weighted by atomic mass is 9.97. The summed E-state index contributed by atoms with van der Waals surface area (Å²) in [5, 5.41) is 12.1. The van der Waals surface area contributed by atoms with E-state index in [1.165, 1.54) is 24.3 Å². The summed E-state index contributed by atoms with van der Waals surface area (Å²) in [7, 11) is 0. The summed E-state index contributed by atoms with van der Waals surface area (Å²) >= 11 is 0. The van der Waals surface area contributed by atoms with Crippen LogP contribution in [0.2, 0.25) is 0 Å². The molecule has 2 aliphatic rings. The van der Waals surface area contributed by atoms with Crippen LogP contribution in [0.4, 0.5) is 13.6 Å². The number of ether oxygens (including phenoxy) is 1. The first-order valence-corrected chi connectivity index (χ1v) is 11.3. The van der Waals surface area contributed by atoms with Crippen molar-refractivity contribution < 1.29 is 33.1 Å². The van der Waals surface area contributed by atoms with Gasteiger partial charge in [-0.25, -0.2) is 19.5 Å². The van der Waals surface area contributed by atoms with Gasteiger partial charge in [0.25, 0.3) is 11.8 Å². The van der Waals surface area contributed by atoms with Gasteiger partial charge in [-0.3, -0.25) is 9.63 Å². The normalized spacial score (nSPS) is 23.0. The summed E-state index contributed by atoms with van der Waals surface area (Å²) in [6.45, 7) is 3.14. The summed E-state index contributed by atoms with van der Waals surface area (Å²) in [5.41, 5.74) is 6.53. The van der Waals surface area contributed by atoms with Gasteiger partial charge in [-0.2, -0.15) is 0 Å². The molecule has 2 unspecified atom stereocenters. The Morgan fingerprint density at radius 1 is 1.32 bits per heavy atom. The Hall–Kier alpha value is -2.38. The van der Waals surface area contributed by atoms with Crippen molar-refractivity contribution in [3.8, 4) is 0 Å². The fourth-order valence-electron chi connectivity index (χ4n) is 4.28. The highest BCUT2D eigenvalue weighted by Gasteiger charge is 2.40. The SMILES string of the molecule is CC(F)(F)C(ON)[C@@H](N)c1ccc(C(=O)NC[C@H]2COCCN2C(=O)N2CCC(CO)C2)cc1. The molecule has 4 atom stereocenters. The van der Waals surface area contributed by atoms with Crippen molar-refractivity contribution in [2.75, 3.05) is 46.0 Å². The molecule has 2 fully saturated rings. The van der Waals surface area contributed by atoms with Crippen molar-refractivity contribution in [3.05, 3.63) is 35.4 Å². The average molecular weight is 486 g/mol. The molecule has 0 aromatic heterocycles. The number of alkyl halides is 2. The standard InChI is InChI=1S/C22H33F2N5O5/c1-22(23,24)19(34-26)18(25)15-2-4-16(5-3-15)20(31)27-10-17-13-33-9-8-29(17)21(32)28-7-6-14(11-28)12-30/h2-5,14,17-19,30H,6-13,25-26H2,1H3,(H,27,31)/t14?,17-,18-,19?/m0/s1. The number of nitrogens with zero attached hydrogens (tertiary/aromatic N) is 2. The number of nitrogens with one attached hydrogen (secondary N) is 1. The molecule has 10 nitrogen and oxygen atoms in total. The quantitative estimate of drug-likeness (QED) is 0.392. The van der Waals surface area contributed by atoms with Gasteiger partial charge in [0.2, 0.25) is 0 Å². The second kappa shape index (κ2) is 11.4. The van der Waals surface area contributed by atoms with E-state index in [1.54, 1.807) is 9.80 Å². The summed E-state index contributed by atoms with van der Waals surface area (Å²) in [6.07, 6.45) is -0.952. The Morgan fingerprint density at radius 2 is 2.03 bits per heavy atom. The first-order chi connectivity index (χ1) is 16.2. The number of rotatable bonds is 8. The molecule has 1 aromatic rings. The van der Waals surface area contributed by atoms with E-state index in [4.69, 9.17) is 16.4 Å². The average Bonchev–Trinajstić information content (AvgIpc) is 3.31. The first kappa shape index (κ1) is 26.2. The number of carbonyl (C=O) groups excluding carboxylic acids is 2. The lowest BCUT2D eigenvalue weighted by Gasteiger charge is -2.38. The molecule has 0 aliphatic carbocycles. The molecule has 2 aliphatic heterocycles. The summed E-state index contributed by atoms with van der Waals surface area (Å²) < 4.78 is 32.8. The minimum absolute atomic E-state index is 0.0524. The van der Waals surface area contributed by atoms with Crippen molar-refractivity contribution in [2.24, 2.45) is 17.5 Å². The number of aliphatic hydroxyl groups excluding tert-OH is 1. The molecular formula is C22H33F2N5O5. The van der Waals surface area contributed by atoms with E-state index in [9.17, 15) is 23.5 Å². The van der Waals surface area contributed by atoms with Crippen LogP contribution in [0.15, 0.2) is 24.3 Å². The lowest BCUT2D eigenvalue weighted by molar-refractivity contribution is -0.137. The van der Waals surface area contributed by atoms with Crippen molar-refractivity contribution in [3.63, 3.8) is 0 Å². The zero-order valence-electron chi connectivity index (χ0n) is 19.2. The summed E-state index contributed by atoms with van der Waals surface area (Å²) in [5.74, 6) is 1.46. The number of benzene rings is 1. The zero-order chi connectivity index (χ0) is 24.9. The number of hydrogen-bond acceptors (Lipinski definition) is 7. The van der Waals surface area contributed by atoms with Crippen molar-refractivity contribution in [2.45, 2.75) is 37.5 Å². The molecule has 34 heavy (non-hydrogen) atoms. The Labute approximate surface area is 197 Å². The number of carbonyl (C=O) groups is 2. The van der Waals surface area contributed by atoms with E-state index >= 15 is 0 Å². The molecule has 3 amide bonds. The molecule has 1 aromatic carbocycles. The van der Waals surface area contributed by atoms with Crippen LogP contribution in [-0.2, 0) is 9.57 Å². The maximum Gasteiger partial charge on any atom is 0.320 e. The number of hydrogen-bond donors (Lipinski definition) is 4. The first-order valence-electron chi connectivity index (χ1n) is 11.3. The molecular weight excluding hydrogens is 452 g/mol. The number of morpholine rings is 1. The van der Waals surface area contributed by atoms with E-state index < -0.39 is 18.1 Å². The van der Waals surface area contributed by atoms with Gasteiger partial charge < -0.3 is 30.7 Å². The van der Waals surface area contributed by atoms with Crippen LogP contribution in [0, 0.1) is 5.92 Å². The topological polar surface area (TPSA) is 143 Å². The fourth-order valence-corrected chi connectivity index (χ4v) is 4.28. The van der Waals surface area contributed by atoms with Gasteiger partial charge in [0.15, 0.2) is 6.10 Å². The number of likely N-dealkylation sites (tertiary alicyclic amines) is 1. The summed E-state index contributed by atoms with van der Waals surface area (Å²) in [6, 6.07) is 4.26. The third kappa shape index (κ3) is 6.19. The van der Waals surface area contributed by atoms with Gasteiger partial charge >= 0.3 is 6.03 Å². The molecule has 190 valence electrons. The van der Waals surface area contributed by atoms with Crippen LogP contribution in [0.5, 0.6) is 0 Å². The van der Waals surface area contributed by atoms with E-state index in [0.717, 1.165) is 6.42 Å². The number of nitrogens with two attached hydrogens (primary N) is 2. The maximum atomic E-state index is 13.6. The molecule has 12 heteroatoms. The third-order valence-corrected chi connectivity index (χ3v) is 6.32. The molecule has 0 spiro atoms. The molecule has 0 radical (unpaired) electrons. The van der Waals surface area contributed by atoms with Crippen LogP contribution in [0.1, 0.15) is 35.3 Å². The van der Waals surface area contributed by atoms with Crippen molar-refractivity contribution >= 4 is 11.9 Å². The van der Waals surface area contributed by atoms with E-state index in [-0.39, 0.29) is 37.0 Å². The highest BCUT2D eigenvalue weighted by atomic mass is 19.3. The Morgan fingerprint density at radius 3 is 2.62 bits per heavy atom. The van der Waals surface area contributed by atoms with Gasteiger partial charge in [0, 0.05) is 51.2 Å². The van der Waals surface area contributed by atoms with Crippen LogP contribution in [0.3, 0.4) is 0 Å². The van der Waals surface area contributed by atoms with Crippen LogP contribution in [0.25, 0.3) is 0 Å². The van der Waals surface area contributed by atoms with Crippen molar-refractivity contribution in [1.82, 2.24) is 15.1 Å². The van der Waals surface area contributed by atoms with Crippen molar-refractivity contribution in [1.29, 1.82) is 0 Å². The molecule has 3 rings (SSSR count). The van der Waals surface area contributed by atoms with E-state index in [2.05, 4.69) is 10.2 Å². The minimum Gasteiger partial charge on any atom is -0.396 e. The van der Waals surface area contributed by atoms with Gasteiger partial charge in [0.1, 0.15) is 0 Å². The van der Waals surface area contributed by atoms with Crippen LogP contribution < -0.4 is 16.9 Å². The van der Waals surface area contributed by atoms with E-state index in [0.29, 0.717) is 50.9 Å². The van der Waals surface area contributed by atoms with Gasteiger partial charge in [-0.1, -0.05) is 12.1 Å². The van der Waals surface area contributed by atoms with Crippen LogP contribution >= 0.6 is 0 Å². The number of urea groups is 1. The Balaban J connectivity index is 1.58. The molecule has 6 N–H and O–H groups in total. The van der Waals surface area contributed by atoms with Crippen LogP contribution in [-0.4, -0.2) is 90.9 Å². The third-order valence-electron chi connectivity index (χ3n) is 6.32. The maximum absolute atomic E-state index is 13.6. The Kier molecular flexibility index (Phi) is 8.77. The molecule has 0 bridgehead atoms. The number of amides is 3. The smallest absolute Gasteiger partial charge is 0.320 e. The molecule has 2 heterocycles. The molecule has 0 saturated carbocycles. The predicted octanol–water partition coefficient (Wildman–Crippen LogP) is 0.465. The fraction of sp³-hybridized carbons (Fsp3) is 0.636. The van der Waals surface area contributed by atoms with E-state index in [1.807, 2.05) is 0 Å². The zero-order valence-corrected chi connectivity index (χ0v) is 19.2. The number of halogens is 2. The molecule has 2 saturated heterocycles. The highest BCUT2D eigenvalue weighted by molar-refractivity contribution is 5.94. The number of aliphatic hydroxyl groups is 1. The second-order valence-corrected chi connectivity index (χ2v) is 8.86. The monoisotopic (exact) mass is 485 g/mol. The predicted molar refractivity (Wildman–Crippen MR) is 119 cm³/mol. The summed E-state index contributed by atoms with van der Waals surface area (Å²) in [4.78, 5) is 33.4. The minimum atomic E-state index is -3.25. The Bertz CT molecular complexity index is 838. The largest absolute Gasteiger partial charge is 0.396 e. The van der Waals surface area contributed by atoms with Gasteiger partial charge in [-0.15, -0.1) is 0 Å².